The van der Waals surface area contributed by atoms with Gasteiger partial charge < -0.3 is 10.6 Å². The fourth-order valence-electron chi connectivity index (χ4n) is 2.48. The van der Waals surface area contributed by atoms with Gasteiger partial charge in [-0.2, -0.15) is 5.26 Å². The normalized spacial score (nSPS) is 12.6. The first-order chi connectivity index (χ1) is 13.8. The second-order valence-corrected chi connectivity index (χ2v) is 9.73. The van der Waals surface area contributed by atoms with E-state index in [1.807, 2.05) is 19.1 Å². The molecule has 3 rings (SSSR count). The van der Waals surface area contributed by atoms with Crippen molar-refractivity contribution in [3.63, 3.8) is 0 Å². The minimum Gasteiger partial charge on any atom is -0.340 e. The van der Waals surface area contributed by atoms with Crippen LogP contribution in [0.15, 0.2) is 53.7 Å². The van der Waals surface area contributed by atoms with Gasteiger partial charge in [0.1, 0.15) is 32.7 Å². The standard InChI is InChI=1S/C19H17ClN6OS2/c1-12-3-6-15(29(27,28)22-2)8-17(12)26-19-9-18(23-11-24-19)25-14-5-4-13(10-21)16(20)7-14/h3-9,11,22H,1-2H3,(H2,23,24,25,26). The van der Waals surface area contributed by atoms with Crippen LogP contribution < -0.4 is 15.4 Å². The highest BCUT2D eigenvalue weighted by molar-refractivity contribution is 8.31. The Bertz CT molecular complexity index is 1210. The van der Waals surface area contributed by atoms with E-state index in [1.54, 1.807) is 43.4 Å². The highest BCUT2D eigenvalue weighted by Crippen LogP contribution is 2.26. The number of benzene rings is 2. The van der Waals surface area contributed by atoms with Crippen molar-refractivity contribution in [2.24, 2.45) is 0 Å². The second kappa shape index (κ2) is 8.71. The summed E-state index contributed by atoms with van der Waals surface area (Å²) in [5.74, 6) is 1.09. The smallest absolute Gasteiger partial charge is 0.135 e. The van der Waals surface area contributed by atoms with Gasteiger partial charge in [-0.1, -0.05) is 17.7 Å². The zero-order valence-corrected chi connectivity index (χ0v) is 18.0. The van der Waals surface area contributed by atoms with Crippen LogP contribution in [0, 0.1) is 18.3 Å². The number of nitrogens with one attached hydrogen (secondary N) is 3. The van der Waals surface area contributed by atoms with Gasteiger partial charge in [-0.3, -0.25) is 0 Å². The molecule has 0 bridgehead atoms. The van der Waals surface area contributed by atoms with E-state index in [0.29, 0.717) is 32.8 Å². The Labute approximate surface area is 179 Å². The molecule has 0 saturated heterocycles. The van der Waals surface area contributed by atoms with Crippen LogP contribution in [-0.2, 0) is 19.9 Å². The number of rotatable bonds is 6. The zero-order chi connectivity index (χ0) is 21.0. The monoisotopic (exact) mass is 444 g/mol. The molecule has 0 amide bonds. The molecule has 0 fully saturated rings. The molecule has 7 nitrogen and oxygen atoms in total. The summed E-state index contributed by atoms with van der Waals surface area (Å²) in [6, 6.07) is 14.1. The van der Waals surface area contributed by atoms with Crippen LogP contribution in [-0.4, -0.2) is 21.2 Å². The van der Waals surface area contributed by atoms with Crippen molar-refractivity contribution in [3.8, 4) is 6.07 Å². The van der Waals surface area contributed by atoms with E-state index in [1.165, 1.54) is 6.33 Å². The Kier molecular flexibility index (Phi) is 6.30. The lowest BCUT2D eigenvalue weighted by molar-refractivity contribution is 0.676. The van der Waals surface area contributed by atoms with Gasteiger partial charge in [0.15, 0.2) is 0 Å². The minimum absolute atomic E-state index is 0.356. The third-order valence-electron chi connectivity index (χ3n) is 4.08. The number of aromatic nitrogens is 2. The number of nitrogens with zero attached hydrogens (tertiary/aromatic N) is 3. The number of anilines is 4. The average Bonchev–Trinajstić information content (AvgIpc) is 2.70. The third kappa shape index (κ3) is 4.99. The number of nitriles is 1. The summed E-state index contributed by atoms with van der Waals surface area (Å²) >= 11 is 11.2. The van der Waals surface area contributed by atoms with Crippen molar-refractivity contribution in [2.75, 3.05) is 17.7 Å². The summed E-state index contributed by atoms with van der Waals surface area (Å²) in [4.78, 5) is 8.94. The minimum atomic E-state index is -2.73. The summed E-state index contributed by atoms with van der Waals surface area (Å²) in [6.07, 6.45) is 1.42. The fourth-order valence-corrected chi connectivity index (χ4v) is 3.77. The number of halogens is 1. The molecule has 1 aromatic heterocycles. The van der Waals surface area contributed by atoms with Crippen LogP contribution >= 0.6 is 11.6 Å². The molecule has 1 unspecified atom stereocenters. The Morgan fingerprint density at radius 1 is 1.10 bits per heavy atom. The first kappa shape index (κ1) is 21.0. The topological polar surface area (TPSA) is 103 Å². The molecule has 0 aliphatic heterocycles. The van der Waals surface area contributed by atoms with Crippen LogP contribution in [0.25, 0.3) is 0 Å². The zero-order valence-electron chi connectivity index (χ0n) is 15.6. The van der Waals surface area contributed by atoms with Crippen molar-refractivity contribution < 1.29 is 4.21 Å². The first-order valence-electron chi connectivity index (χ1n) is 8.42. The van der Waals surface area contributed by atoms with E-state index in [0.717, 1.165) is 11.3 Å². The largest absolute Gasteiger partial charge is 0.340 e. The lowest BCUT2D eigenvalue weighted by atomic mass is 10.2. The number of hydrogen-bond acceptors (Lipinski definition) is 7. The van der Waals surface area contributed by atoms with Gasteiger partial charge in [-0.15, -0.1) is 0 Å². The number of aryl methyl sites for hydroxylation is 1. The Morgan fingerprint density at radius 2 is 1.83 bits per heavy atom. The van der Waals surface area contributed by atoms with Crippen molar-refractivity contribution in [1.29, 1.82) is 5.26 Å². The van der Waals surface area contributed by atoms with Crippen molar-refractivity contribution in [2.45, 2.75) is 11.8 Å². The maximum absolute atomic E-state index is 12.4. The SMILES string of the molecule is CNS(=O)(=S)c1ccc(C)c(Nc2cc(Nc3ccc(C#N)c(Cl)c3)ncn2)c1. The predicted molar refractivity (Wildman–Crippen MR) is 119 cm³/mol. The Balaban J connectivity index is 1.85. The van der Waals surface area contributed by atoms with Crippen LogP contribution in [0.4, 0.5) is 23.0 Å². The van der Waals surface area contributed by atoms with E-state index in [4.69, 9.17) is 28.1 Å². The summed E-state index contributed by atoms with van der Waals surface area (Å²) in [6.45, 7) is 1.93. The molecule has 29 heavy (non-hydrogen) atoms. The molecule has 1 heterocycles. The molecule has 0 spiro atoms. The molecule has 0 radical (unpaired) electrons. The van der Waals surface area contributed by atoms with Gasteiger partial charge in [-0.25, -0.2) is 18.9 Å². The molecule has 0 aliphatic rings. The summed E-state index contributed by atoms with van der Waals surface area (Å²) in [5, 5.41) is 15.7. The van der Waals surface area contributed by atoms with Gasteiger partial charge in [-0.05, 0) is 49.9 Å². The fraction of sp³-hybridized carbons (Fsp3) is 0.105. The van der Waals surface area contributed by atoms with Gasteiger partial charge in [0.2, 0.25) is 0 Å². The van der Waals surface area contributed by atoms with E-state index in [9.17, 15) is 4.21 Å². The molecule has 0 aliphatic carbocycles. The lowest BCUT2D eigenvalue weighted by Crippen LogP contribution is -2.17. The molecule has 3 aromatic rings. The van der Waals surface area contributed by atoms with Crippen LogP contribution in [0.3, 0.4) is 0 Å². The van der Waals surface area contributed by atoms with Crippen LogP contribution in [0.1, 0.15) is 11.1 Å². The van der Waals surface area contributed by atoms with Gasteiger partial charge in [0.25, 0.3) is 0 Å². The lowest BCUT2D eigenvalue weighted by Gasteiger charge is -2.13. The Morgan fingerprint density at radius 3 is 2.48 bits per heavy atom. The van der Waals surface area contributed by atoms with Crippen molar-refractivity contribution in [3.05, 3.63) is 64.9 Å². The average molecular weight is 445 g/mol. The maximum atomic E-state index is 12.4. The summed E-state index contributed by atoms with van der Waals surface area (Å²) in [7, 11) is -1.16. The molecule has 1 atom stereocenters. The molecule has 148 valence electrons. The first-order valence-corrected chi connectivity index (χ1v) is 11.3. The highest BCUT2D eigenvalue weighted by atomic mass is 35.5. The van der Waals surface area contributed by atoms with E-state index >= 15 is 0 Å². The van der Waals surface area contributed by atoms with Gasteiger partial charge in [0, 0.05) is 28.6 Å². The third-order valence-corrected chi connectivity index (χ3v) is 6.88. The van der Waals surface area contributed by atoms with Crippen LogP contribution in [0.5, 0.6) is 0 Å². The number of hydrogen-bond donors (Lipinski definition) is 3. The van der Waals surface area contributed by atoms with E-state index in [2.05, 4.69) is 25.3 Å². The maximum Gasteiger partial charge on any atom is 0.135 e. The highest BCUT2D eigenvalue weighted by Gasteiger charge is 2.11. The van der Waals surface area contributed by atoms with E-state index < -0.39 is 8.68 Å². The predicted octanol–water partition coefficient (Wildman–Crippen LogP) is 4.04. The van der Waals surface area contributed by atoms with Gasteiger partial charge in [0.05, 0.1) is 15.5 Å². The Hall–Kier alpha value is -2.77. The van der Waals surface area contributed by atoms with Gasteiger partial charge >= 0.3 is 0 Å². The molecule has 2 aromatic carbocycles. The van der Waals surface area contributed by atoms with Crippen molar-refractivity contribution >= 4 is 54.5 Å². The second-order valence-electron chi connectivity index (χ2n) is 6.03. The molecule has 10 heteroatoms. The molecular formula is C19H17ClN6OS2. The molecule has 0 saturated carbocycles. The molecule has 3 N–H and O–H groups in total. The quantitative estimate of drug-likeness (QED) is 0.527. The van der Waals surface area contributed by atoms with E-state index in [-0.39, 0.29) is 0 Å². The summed E-state index contributed by atoms with van der Waals surface area (Å²) < 4.78 is 15.1. The molecular weight excluding hydrogens is 428 g/mol. The van der Waals surface area contributed by atoms with Crippen LogP contribution in [0.2, 0.25) is 5.02 Å². The summed E-state index contributed by atoms with van der Waals surface area (Å²) in [5.41, 5.74) is 2.78. The van der Waals surface area contributed by atoms with Crippen molar-refractivity contribution in [1.82, 2.24) is 14.7 Å².